The quantitative estimate of drug-likeness (QED) is 0.746. The largest absolute Gasteiger partial charge is 0.444 e. The van der Waals surface area contributed by atoms with Gasteiger partial charge in [-0.15, -0.1) is 0 Å². The highest BCUT2D eigenvalue weighted by Crippen LogP contribution is 2.36. The minimum absolute atomic E-state index is 0.0498. The van der Waals surface area contributed by atoms with E-state index in [0.29, 0.717) is 6.61 Å². The number of nitrogens with one attached hydrogen (secondary N) is 1. The SMILES string of the molecule is CC(C)(C)OC(=O)N[C@H](CO)[C@H]1OC(C)(C)O[C@@H]1[C@H]1CO1. The molecule has 2 aliphatic heterocycles. The maximum absolute atomic E-state index is 11.9. The van der Waals surface area contributed by atoms with E-state index in [0.717, 1.165) is 0 Å². The maximum atomic E-state index is 11.9. The Morgan fingerprint density at radius 2 is 2.05 bits per heavy atom. The van der Waals surface area contributed by atoms with Gasteiger partial charge in [0.15, 0.2) is 5.79 Å². The molecule has 0 bridgehead atoms. The van der Waals surface area contributed by atoms with E-state index >= 15 is 0 Å². The fraction of sp³-hybridized carbons (Fsp3) is 0.929. The molecule has 0 unspecified atom stereocenters. The van der Waals surface area contributed by atoms with Gasteiger partial charge in [-0.2, -0.15) is 0 Å². The van der Waals surface area contributed by atoms with Crippen LogP contribution in [-0.4, -0.2) is 60.2 Å². The van der Waals surface area contributed by atoms with Gasteiger partial charge in [0.25, 0.3) is 0 Å². The monoisotopic (exact) mass is 303 g/mol. The molecule has 4 atom stereocenters. The Hall–Kier alpha value is -0.890. The molecular weight excluding hydrogens is 278 g/mol. The van der Waals surface area contributed by atoms with Crippen molar-refractivity contribution in [3.05, 3.63) is 0 Å². The zero-order valence-corrected chi connectivity index (χ0v) is 13.2. The van der Waals surface area contributed by atoms with Gasteiger partial charge in [-0.3, -0.25) is 0 Å². The van der Waals surface area contributed by atoms with E-state index in [-0.39, 0.29) is 18.8 Å². The number of amides is 1. The van der Waals surface area contributed by atoms with Gasteiger partial charge < -0.3 is 29.4 Å². The maximum Gasteiger partial charge on any atom is 0.408 e. The van der Waals surface area contributed by atoms with E-state index in [2.05, 4.69) is 5.32 Å². The molecule has 1 amide bonds. The third-order valence-corrected chi connectivity index (χ3v) is 3.18. The van der Waals surface area contributed by atoms with Crippen molar-refractivity contribution in [1.82, 2.24) is 5.32 Å². The van der Waals surface area contributed by atoms with Crippen molar-refractivity contribution in [3.8, 4) is 0 Å². The molecular formula is C14H25NO6. The number of ether oxygens (including phenoxy) is 4. The van der Waals surface area contributed by atoms with Gasteiger partial charge in [-0.1, -0.05) is 0 Å². The molecule has 2 aliphatic rings. The molecule has 0 aromatic carbocycles. The summed E-state index contributed by atoms with van der Waals surface area (Å²) in [7, 11) is 0. The van der Waals surface area contributed by atoms with Crippen molar-refractivity contribution < 1.29 is 28.8 Å². The topological polar surface area (TPSA) is 89.6 Å². The second-order valence-electron chi connectivity index (χ2n) is 6.87. The smallest absolute Gasteiger partial charge is 0.408 e. The first-order chi connectivity index (χ1) is 9.61. The Balaban J connectivity index is 2.00. The number of epoxide rings is 1. The molecule has 0 saturated carbocycles. The van der Waals surface area contributed by atoms with Crippen molar-refractivity contribution in [3.63, 3.8) is 0 Å². The van der Waals surface area contributed by atoms with Crippen LogP contribution in [0.1, 0.15) is 34.6 Å². The van der Waals surface area contributed by atoms with Crippen LogP contribution in [0.5, 0.6) is 0 Å². The summed E-state index contributed by atoms with van der Waals surface area (Å²) in [6.45, 7) is 9.26. The number of carbonyl (C=O) groups is 1. The highest BCUT2D eigenvalue weighted by atomic mass is 16.8. The molecule has 0 spiro atoms. The molecule has 0 radical (unpaired) electrons. The molecule has 21 heavy (non-hydrogen) atoms. The summed E-state index contributed by atoms with van der Waals surface area (Å²) in [6.07, 6.45) is -1.44. The van der Waals surface area contributed by atoms with Gasteiger partial charge in [0.1, 0.15) is 23.9 Å². The number of carbonyl (C=O) groups excluding carboxylic acids is 1. The lowest BCUT2D eigenvalue weighted by atomic mass is 10.0. The zero-order valence-electron chi connectivity index (χ0n) is 13.2. The predicted octanol–water partition coefficient (Wildman–Crippen LogP) is 0.791. The average Bonchev–Trinajstić information content (AvgIpc) is 3.08. The van der Waals surface area contributed by atoms with Crippen molar-refractivity contribution >= 4 is 6.09 Å². The fourth-order valence-corrected chi connectivity index (χ4v) is 2.35. The molecule has 0 aromatic rings. The highest BCUT2D eigenvalue weighted by molar-refractivity contribution is 5.68. The van der Waals surface area contributed by atoms with Crippen molar-refractivity contribution in [2.45, 2.75) is 70.4 Å². The third kappa shape index (κ3) is 4.54. The second kappa shape index (κ2) is 5.72. The predicted molar refractivity (Wildman–Crippen MR) is 73.8 cm³/mol. The second-order valence-corrected chi connectivity index (χ2v) is 6.87. The van der Waals surface area contributed by atoms with E-state index in [4.69, 9.17) is 18.9 Å². The zero-order chi connectivity index (χ0) is 15.8. The van der Waals surface area contributed by atoms with Gasteiger partial charge in [0.2, 0.25) is 0 Å². The molecule has 0 aliphatic carbocycles. The summed E-state index contributed by atoms with van der Waals surface area (Å²) in [4.78, 5) is 11.9. The summed E-state index contributed by atoms with van der Waals surface area (Å²) < 4.78 is 22.1. The molecule has 7 nitrogen and oxygen atoms in total. The number of hydrogen-bond donors (Lipinski definition) is 2. The Kier molecular flexibility index (Phi) is 4.49. The standard InChI is InChI=1S/C14H25NO6/c1-13(2,3)21-12(17)15-8(6-16)10-11(9-7-18-9)20-14(4,5)19-10/h8-11,16H,6-7H2,1-5H3,(H,15,17)/t8-,9-,10-,11-/m1/s1. The van der Waals surface area contributed by atoms with Crippen LogP contribution in [0.2, 0.25) is 0 Å². The van der Waals surface area contributed by atoms with Crippen LogP contribution in [0.25, 0.3) is 0 Å². The molecule has 7 heteroatoms. The Labute approximate surface area is 124 Å². The number of aliphatic hydroxyl groups is 1. The van der Waals surface area contributed by atoms with Crippen molar-refractivity contribution in [2.75, 3.05) is 13.2 Å². The molecule has 2 rings (SSSR count). The van der Waals surface area contributed by atoms with Crippen molar-refractivity contribution in [1.29, 1.82) is 0 Å². The minimum atomic E-state index is -0.773. The number of aliphatic hydroxyl groups excluding tert-OH is 1. The first-order valence-corrected chi connectivity index (χ1v) is 7.19. The number of hydrogen-bond acceptors (Lipinski definition) is 6. The Morgan fingerprint density at radius 1 is 1.43 bits per heavy atom. The van der Waals surface area contributed by atoms with Crippen LogP contribution in [0.15, 0.2) is 0 Å². The van der Waals surface area contributed by atoms with E-state index in [9.17, 15) is 9.90 Å². The van der Waals surface area contributed by atoms with Gasteiger partial charge in [0.05, 0.1) is 19.3 Å². The lowest BCUT2D eigenvalue weighted by Crippen LogP contribution is -2.52. The van der Waals surface area contributed by atoms with Crippen LogP contribution in [-0.2, 0) is 18.9 Å². The minimum Gasteiger partial charge on any atom is -0.444 e. The van der Waals surface area contributed by atoms with Crippen LogP contribution in [0, 0.1) is 0 Å². The molecule has 2 heterocycles. The summed E-state index contributed by atoms with van der Waals surface area (Å²) in [6, 6.07) is -0.615. The first-order valence-electron chi connectivity index (χ1n) is 7.19. The molecule has 2 N–H and O–H groups in total. The summed E-state index contributed by atoms with van der Waals surface area (Å²) in [5.74, 6) is -0.773. The molecule has 2 saturated heterocycles. The van der Waals surface area contributed by atoms with Crippen LogP contribution < -0.4 is 5.32 Å². The van der Waals surface area contributed by atoms with Crippen LogP contribution >= 0.6 is 0 Å². The lowest BCUT2D eigenvalue weighted by Gasteiger charge is -2.27. The number of alkyl carbamates (subject to hydrolysis) is 1. The summed E-state index contributed by atoms with van der Waals surface area (Å²) in [5.41, 5.74) is -0.602. The fourth-order valence-electron chi connectivity index (χ4n) is 2.35. The third-order valence-electron chi connectivity index (χ3n) is 3.18. The van der Waals surface area contributed by atoms with Gasteiger partial charge in [0, 0.05) is 0 Å². The molecule has 0 aromatic heterocycles. The van der Waals surface area contributed by atoms with Gasteiger partial charge in [-0.25, -0.2) is 4.79 Å². The Morgan fingerprint density at radius 3 is 2.52 bits per heavy atom. The highest BCUT2D eigenvalue weighted by Gasteiger charge is 2.52. The Bertz CT molecular complexity index is 387. The van der Waals surface area contributed by atoms with E-state index in [1.807, 2.05) is 0 Å². The van der Waals surface area contributed by atoms with Crippen LogP contribution in [0.4, 0.5) is 4.79 Å². The number of rotatable bonds is 4. The van der Waals surface area contributed by atoms with Crippen LogP contribution in [0.3, 0.4) is 0 Å². The average molecular weight is 303 g/mol. The summed E-state index contributed by atoms with van der Waals surface area (Å²) >= 11 is 0. The van der Waals surface area contributed by atoms with Crippen molar-refractivity contribution in [2.24, 2.45) is 0 Å². The van der Waals surface area contributed by atoms with E-state index in [1.165, 1.54) is 0 Å². The lowest BCUT2D eigenvalue weighted by molar-refractivity contribution is -0.150. The first kappa shape index (κ1) is 16.5. The molecule has 122 valence electrons. The van der Waals surface area contributed by atoms with E-state index in [1.54, 1.807) is 34.6 Å². The molecule has 2 fully saturated rings. The van der Waals surface area contributed by atoms with Gasteiger partial charge >= 0.3 is 6.09 Å². The summed E-state index contributed by atoms with van der Waals surface area (Å²) in [5, 5.41) is 12.2. The van der Waals surface area contributed by atoms with Gasteiger partial charge in [-0.05, 0) is 34.6 Å². The normalized spacial score (nSPS) is 32.6. The van der Waals surface area contributed by atoms with E-state index < -0.39 is 29.6 Å².